The smallest absolute Gasteiger partial charge is 0.282 e. The number of hydrogen-bond acceptors (Lipinski definition) is 4. The Bertz CT molecular complexity index is 1210. The molecule has 0 radical (unpaired) electrons. The fourth-order valence-electron chi connectivity index (χ4n) is 3.68. The number of nitrogens with zero attached hydrogens (tertiary/aromatic N) is 1. The minimum Gasteiger partial charge on any atom is -0.495 e. The molecule has 0 fully saturated rings. The van der Waals surface area contributed by atoms with Gasteiger partial charge in [0.15, 0.2) is 0 Å². The molecule has 31 heavy (non-hydrogen) atoms. The van der Waals surface area contributed by atoms with Gasteiger partial charge in [-0.2, -0.15) is 0 Å². The minimum atomic E-state index is -0.395. The first-order valence-electron chi connectivity index (χ1n) is 10.1. The van der Waals surface area contributed by atoms with Gasteiger partial charge in [0.2, 0.25) is 0 Å². The lowest BCUT2D eigenvalue weighted by Crippen LogP contribution is -2.32. The fourth-order valence-corrected chi connectivity index (χ4v) is 3.68. The molecule has 2 amide bonds. The van der Waals surface area contributed by atoms with Crippen molar-refractivity contribution in [2.24, 2.45) is 0 Å². The summed E-state index contributed by atoms with van der Waals surface area (Å²) in [5.74, 6) is -0.155. The number of anilines is 2. The van der Waals surface area contributed by atoms with Gasteiger partial charge in [0, 0.05) is 0 Å². The summed E-state index contributed by atoms with van der Waals surface area (Å²) in [4.78, 5) is 28.2. The molecule has 1 aliphatic heterocycles. The molecule has 0 bridgehead atoms. The van der Waals surface area contributed by atoms with E-state index in [0.29, 0.717) is 28.3 Å². The highest BCUT2D eigenvalue weighted by Crippen LogP contribution is 2.36. The van der Waals surface area contributed by atoms with Crippen LogP contribution in [-0.2, 0) is 9.59 Å². The second-order valence-electron chi connectivity index (χ2n) is 7.66. The van der Waals surface area contributed by atoms with E-state index in [9.17, 15) is 9.59 Å². The van der Waals surface area contributed by atoms with E-state index in [0.717, 1.165) is 16.7 Å². The van der Waals surface area contributed by atoms with Crippen molar-refractivity contribution in [3.8, 4) is 5.75 Å². The summed E-state index contributed by atoms with van der Waals surface area (Å²) in [6, 6.07) is 20.4. The zero-order chi connectivity index (χ0) is 22.1. The van der Waals surface area contributed by atoms with Gasteiger partial charge in [-0.3, -0.25) is 9.59 Å². The molecule has 0 saturated carbocycles. The molecule has 0 spiro atoms. The van der Waals surface area contributed by atoms with Crippen molar-refractivity contribution in [3.05, 3.63) is 94.7 Å². The first-order chi connectivity index (χ1) is 14.9. The lowest BCUT2D eigenvalue weighted by molar-refractivity contribution is -0.120. The van der Waals surface area contributed by atoms with Crippen LogP contribution in [0, 0.1) is 20.8 Å². The van der Waals surface area contributed by atoms with Crippen LogP contribution in [0.25, 0.3) is 5.57 Å². The number of aryl methyl sites for hydroxylation is 3. The molecule has 1 N–H and O–H groups in total. The normalized spacial score (nSPS) is 13.7. The number of para-hydroxylation sites is 1. The lowest BCUT2D eigenvalue weighted by Gasteiger charge is -2.16. The molecular weight excluding hydrogens is 388 g/mol. The molecule has 0 aromatic heterocycles. The number of amides is 2. The number of nitrogens with one attached hydrogen (secondary N) is 1. The summed E-state index contributed by atoms with van der Waals surface area (Å²) in [7, 11) is 1.58. The van der Waals surface area contributed by atoms with Crippen LogP contribution < -0.4 is 15.0 Å². The molecule has 1 heterocycles. The van der Waals surface area contributed by atoms with Crippen molar-refractivity contribution < 1.29 is 14.3 Å². The van der Waals surface area contributed by atoms with Gasteiger partial charge in [0.05, 0.1) is 24.1 Å². The highest BCUT2D eigenvalue weighted by molar-refractivity contribution is 6.46. The Balaban J connectivity index is 1.88. The van der Waals surface area contributed by atoms with Crippen molar-refractivity contribution in [2.75, 3.05) is 17.3 Å². The first kappa shape index (κ1) is 20.4. The molecule has 156 valence electrons. The Hall–Kier alpha value is -3.86. The maximum atomic E-state index is 13.5. The number of rotatable bonds is 5. The van der Waals surface area contributed by atoms with Gasteiger partial charge in [-0.15, -0.1) is 0 Å². The van der Waals surface area contributed by atoms with Gasteiger partial charge in [-0.1, -0.05) is 42.5 Å². The average Bonchev–Trinajstić information content (AvgIpc) is 3.00. The minimum absolute atomic E-state index is 0.237. The van der Waals surface area contributed by atoms with E-state index < -0.39 is 5.91 Å². The van der Waals surface area contributed by atoms with E-state index in [2.05, 4.69) is 5.32 Å². The van der Waals surface area contributed by atoms with Crippen molar-refractivity contribution in [3.63, 3.8) is 0 Å². The first-order valence-corrected chi connectivity index (χ1v) is 10.1. The molecule has 0 atom stereocenters. The molecule has 0 aliphatic carbocycles. The number of methoxy groups -OCH3 is 1. The van der Waals surface area contributed by atoms with Crippen LogP contribution in [0.5, 0.6) is 5.75 Å². The fraction of sp³-hybridized carbons (Fsp3) is 0.154. The van der Waals surface area contributed by atoms with Crippen molar-refractivity contribution >= 4 is 28.8 Å². The largest absolute Gasteiger partial charge is 0.495 e. The van der Waals surface area contributed by atoms with Crippen LogP contribution in [-0.4, -0.2) is 18.9 Å². The summed E-state index contributed by atoms with van der Waals surface area (Å²) >= 11 is 0. The molecular formula is C26H24N2O3. The van der Waals surface area contributed by atoms with E-state index >= 15 is 0 Å². The third kappa shape index (κ3) is 3.70. The molecule has 0 unspecified atom stereocenters. The molecule has 5 nitrogen and oxygen atoms in total. The van der Waals surface area contributed by atoms with E-state index in [1.807, 2.05) is 63.2 Å². The predicted octanol–water partition coefficient (Wildman–Crippen LogP) is 5.02. The zero-order valence-electron chi connectivity index (χ0n) is 18.0. The maximum absolute atomic E-state index is 13.5. The van der Waals surface area contributed by atoms with Crippen LogP contribution in [0.2, 0.25) is 0 Å². The van der Waals surface area contributed by atoms with Gasteiger partial charge in [0.25, 0.3) is 11.8 Å². The number of hydrogen-bond donors (Lipinski definition) is 1. The number of carbonyl (C=O) groups excluding carboxylic acids is 2. The van der Waals surface area contributed by atoms with E-state index in [-0.39, 0.29) is 11.6 Å². The van der Waals surface area contributed by atoms with Crippen LogP contribution >= 0.6 is 0 Å². The van der Waals surface area contributed by atoms with Crippen LogP contribution in [0.1, 0.15) is 22.3 Å². The van der Waals surface area contributed by atoms with Crippen LogP contribution in [0.3, 0.4) is 0 Å². The number of ether oxygens (including phenoxy) is 1. The summed E-state index contributed by atoms with van der Waals surface area (Å²) in [5, 5.41) is 3.21. The van der Waals surface area contributed by atoms with E-state index in [4.69, 9.17) is 4.74 Å². The Morgan fingerprint density at radius 2 is 1.55 bits per heavy atom. The number of benzene rings is 3. The molecule has 4 rings (SSSR count). The SMILES string of the molecule is COc1ccc(C)cc1NC1=C(c2ccc(C)c(C)c2)C(=O)N(c2ccccc2)C1=O. The third-order valence-electron chi connectivity index (χ3n) is 5.51. The monoisotopic (exact) mass is 412 g/mol. The summed E-state index contributed by atoms with van der Waals surface area (Å²) in [6.07, 6.45) is 0. The van der Waals surface area contributed by atoms with Crippen LogP contribution in [0.4, 0.5) is 11.4 Å². The van der Waals surface area contributed by atoms with Crippen molar-refractivity contribution in [1.29, 1.82) is 0 Å². The van der Waals surface area contributed by atoms with Gasteiger partial charge in [-0.05, 0) is 67.3 Å². The Labute approximate surface area is 182 Å². The predicted molar refractivity (Wildman–Crippen MR) is 123 cm³/mol. The zero-order valence-corrected chi connectivity index (χ0v) is 18.0. The standard InChI is InChI=1S/C26H24N2O3/c1-16-10-13-22(31-4)21(14-16)27-24-23(19-12-11-17(2)18(3)15-19)25(29)28(26(24)30)20-8-6-5-7-9-20/h5-15,27H,1-4H3. The number of imide groups is 1. The number of carbonyl (C=O) groups is 2. The highest BCUT2D eigenvalue weighted by atomic mass is 16.5. The molecule has 1 aliphatic rings. The Morgan fingerprint density at radius 3 is 2.23 bits per heavy atom. The molecule has 3 aromatic carbocycles. The second kappa shape index (κ2) is 8.11. The quantitative estimate of drug-likeness (QED) is 0.598. The van der Waals surface area contributed by atoms with Gasteiger partial charge in [0.1, 0.15) is 11.4 Å². The van der Waals surface area contributed by atoms with E-state index in [1.165, 1.54) is 4.90 Å². The van der Waals surface area contributed by atoms with Crippen molar-refractivity contribution in [1.82, 2.24) is 0 Å². The average molecular weight is 412 g/mol. The van der Waals surface area contributed by atoms with Gasteiger partial charge in [-0.25, -0.2) is 4.90 Å². The van der Waals surface area contributed by atoms with Gasteiger partial charge < -0.3 is 10.1 Å². The van der Waals surface area contributed by atoms with E-state index in [1.54, 1.807) is 31.4 Å². The van der Waals surface area contributed by atoms with Gasteiger partial charge >= 0.3 is 0 Å². The van der Waals surface area contributed by atoms with Crippen molar-refractivity contribution in [2.45, 2.75) is 20.8 Å². The molecule has 5 heteroatoms. The molecule has 0 saturated heterocycles. The second-order valence-corrected chi connectivity index (χ2v) is 7.66. The molecule has 3 aromatic rings. The Kier molecular flexibility index (Phi) is 5.34. The topological polar surface area (TPSA) is 58.6 Å². The summed E-state index contributed by atoms with van der Waals surface area (Å²) < 4.78 is 5.47. The Morgan fingerprint density at radius 1 is 0.806 bits per heavy atom. The lowest BCUT2D eigenvalue weighted by atomic mass is 9.99. The third-order valence-corrected chi connectivity index (χ3v) is 5.51. The maximum Gasteiger partial charge on any atom is 0.282 e. The van der Waals surface area contributed by atoms with Crippen LogP contribution in [0.15, 0.2) is 72.4 Å². The summed E-state index contributed by atoms with van der Waals surface area (Å²) in [5.41, 5.74) is 5.64. The summed E-state index contributed by atoms with van der Waals surface area (Å²) in [6.45, 7) is 5.97. The highest BCUT2D eigenvalue weighted by Gasteiger charge is 2.40.